The quantitative estimate of drug-likeness (QED) is 0.830. The lowest BCUT2D eigenvalue weighted by molar-refractivity contribution is 0.00578. The second-order valence-electron chi connectivity index (χ2n) is 6.47. The summed E-state index contributed by atoms with van der Waals surface area (Å²) in [5.41, 5.74) is 5.98. The van der Waals surface area contributed by atoms with Gasteiger partial charge in [-0.25, -0.2) is 4.79 Å². The van der Waals surface area contributed by atoms with Crippen LogP contribution in [0.2, 0.25) is 0 Å². The first kappa shape index (κ1) is 14.9. The molecule has 0 bridgehead atoms. The molecule has 1 saturated heterocycles. The normalized spacial score (nSPS) is 19.5. The zero-order chi connectivity index (χ0) is 16.1. The third-order valence-corrected chi connectivity index (χ3v) is 4.40. The van der Waals surface area contributed by atoms with Gasteiger partial charge in [0.1, 0.15) is 0 Å². The van der Waals surface area contributed by atoms with E-state index in [9.17, 15) is 4.79 Å². The molecule has 1 amide bonds. The van der Waals surface area contributed by atoms with Crippen molar-refractivity contribution in [2.75, 3.05) is 0 Å². The SMILES string of the molecule is CC1(C)OB(c2ccc3[nH]cc(OC(N)=O)c3c2)OC1(C)C. The van der Waals surface area contributed by atoms with Gasteiger partial charge in [-0.3, -0.25) is 0 Å². The standard InChI is InChI=1S/C15H19BN2O4/c1-14(2)15(3,4)22-16(21-14)9-5-6-11-10(7-9)12(8-18-11)20-13(17)19/h5-8,18H,1-4H3,(H2,17,19). The van der Waals surface area contributed by atoms with E-state index in [1.807, 2.05) is 45.9 Å². The van der Waals surface area contributed by atoms with Gasteiger partial charge in [-0.05, 0) is 45.3 Å². The van der Waals surface area contributed by atoms with Crippen LogP contribution in [0, 0.1) is 0 Å². The Labute approximate surface area is 129 Å². The zero-order valence-corrected chi connectivity index (χ0v) is 13.1. The van der Waals surface area contributed by atoms with Crippen molar-refractivity contribution in [2.24, 2.45) is 5.73 Å². The molecule has 1 aliphatic heterocycles. The van der Waals surface area contributed by atoms with Crippen LogP contribution in [0.3, 0.4) is 0 Å². The molecular weight excluding hydrogens is 283 g/mol. The van der Waals surface area contributed by atoms with Crippen LogP contribution in [-0.2, 0) is 9.31 Å². The summed E-state index contributed by atoms with van der Waals surface area (Å²) in [6, 6.07) is 5.70. The maximum absolute atomic E-state index is 11.0. The van der Waals surface area contributed by atoms with Gasteiger partial charge in [0, 0.05) is 17.1 Å². The molecule has 0 atom stereocenters. The van der Waals surface area contributed by atoms with Gasteiger partial charge in [0.05, 0.1) is 11.2 Å². The molecule has 0 saturated carbocycles. The molecule has 0 spiro atoms. The Morgan fingerprint density at radius 1 is 1.23 bits per heavy atom. The molecule has 2 aromatic rings. The number of benzene rings is 1. The van der Waals surface area contributed by atoms with Gasteiger partial charge < -0.3 is 24.8 Å². The lowest BCUT2D eigenvalue weighted by Crippen LogP contribution is -2.41. The lowest BCUT2D eigenvalue weighted by atomic mass is 9.78. The van der Waals surface area contributed by atoms with E-state index in [0.717, 1.165) is 16.4 Å². The van der Waals surface area contributed by atoms with Crippen molar-refractivity contribution in [2.45, 2.75) is 38.9 Å². The van der Waals surface area contributed by atoms with E-state index in [1.165, 1.54) is 0 Å². The first-order valence-electron chi connectivity index (χ1n) is 7.13. The van der Waals surface area contributed by atoms with Crippen LogP contribution in [0.15, 0.2) is 24.4 Å². The molecule has 7 heteroatoms. The molecule has 2 heterocycles. The first-order chi connectivity index (χ1) is 10.2. The summed E-state index contributed by atoms with van der Waals surface area (Å²) in [5, 5.41) is 0.756. The number of nitrogens with two attached hydrogens (primary N) is 1. The Morgan fingerprint density at radius 2 is 1.86 bits per heavy atom. The largest absolute Gasteiger partial charge is 0.494 e. The summed E-state index contributed by atoms with van der Waals surface area (Å²) < 4.78 is 17.1. The fourth-order valence-electron chi connectivity index (χ4n) is 2.43. The Hall–Kier alpha value is -1.99. The van der Waals surface area contributed by atoms with Gasteiger partial charge in [-0.15, -0.1) is 0 Å². The van der Waals surface area contributed by atoms with E-state index >= 15 is 0 Å². The molecule has 0 aliphatic carbocycles. The van der Waals surface area contributed by atoms with Gasteiger partial charge in [0.15, 0.2) is 5.75 Å². The summed E-state index contributed by atoms with van der Waals surface area (Å²) in [6.07, 6.45) is 0.755. The monoisotopic (exact) mass is 302 g/mol. The fourth-order valence-corrected chi connectivity index (χ4v) is 2.43. The number of amides is 1. The molecule has 1 aromatic heterocycles. The minimum Gasteiger partial charge on any atom is -0.408 e. The highest BCUT2D eigenvalue weighted by Gasteiger charge is 2.51. The highest BCUT2D eigenvalue weighted by molar-refractivity contribution is 6.62. The number of aromatic nitrogens is 1. The van der Waals surface area contributed by atoms with Crippen molar-refractivity contribution in [1.29, 1.82) is 0 Å². The van der Waals surface area contributed by atoms with Crippen LogP contribution < -0.4 is 15.9 Å². The summed E-state index contributed by atoms with van der Waals surface area (Å²) in [7, 11) is -0.467. The number of hydrogen-bond acceptors (Lipinski definition) is 4. The van der Waals surface area contributed by atoms with Crippen molar-refractivity contribution in [3.05, 3.63) is 24.4 Å². The predicted octanol–water partition coefficient (Wildman–Crippen LogP) is 1.92. The molecule has 3 N–H and O–H groups in total. The zero-order valence-electron chi connectivity index (χ0n) is 13.1. The van der Waals surface area contributed by atoms with Crippen LogP contribution in [-0.4, -0.2) is 29.4 Å². The van der Waals surface area contributed by atoms with Crippen molar-refractivity contribution >= 4 is 29.6 Å². The molecule has 6 nitrogen and oxygen atoms in total. The van der Waals surface area contributed by atoms with Gasteiger partial charge in [-0.2, -0.15) is 0 Å². The van der Waals surface area contributed by atoms with Crippen LogP contribution in [0.25, 0.3) is 10.9 Å². The number of carbonyl (C=O) groups excluding carboxylic acids is 1. The average molecular weight is 302 g/mol. The number of rotatable bonds is 2. The maximum Gasteiger partial charge on any atom is 0.494 e. The van der Waals surface area contributed by atoms with E-state index in [0.29, 0.717) is 5.75 Å². The second-order valence-corrected chi connectivity index (χ2v) is 6.47. The van der Waals surface area contributed by atoms with Crippen LogP contribution in [0.4, 0.5) is 4.79 Å². The lowest BCUT2D eigenvalue weighted by Gasteiger charge is -2.32. The molecule has 1 aromatic carbocycles. The molecule has 1 fully saturated rings. The Kier molecular flexibility index (Phi) is 3.23. The minimum absolute atomic E-state index is 0.390. The summed E-state index contributed by atoms with van der Waals surface area (Å²) in [6.45, 7) is 8.01. The number of fused-ring (bicyclic) bond motifs is 1. The molecule has 116 valence electrons. The van der Waals surface area contributed by atoms with E-state index in [4.69, 9.17) is 19.8 Å². The molecule has 1 aliphatic rings. The van der Waals surface area contributed by atoms with Crippen molar-refractivity contribution in [1.82, 2.24) is 4.98 Å². The number of nitrogens with one attached hydrogen (secondary N) is 1. The fraction of sp³-hybridized carbons (Fsp3) is 0.400. The summed E-state index contributed by atoms with van der Waals surface area (Å²) >= 11 is 0. The van der Waals surface area contributed by atoms with Crippen molar-refractivity contribution < 1.29 is 18.8 Å². The number of hydrogen-bond donors (Lipinski definition) is 2. The highest BCUT2D eigenvalue weighted by atomic mass is 16.7. The molecule has 0 radical (unpaired) electrons. The molecule has 22 heavy (non-hydrogen) atoms. The number of ether oxygens (including phenoxy) is 1. The topological polar surface area (TPSA) is 86.6 Å². The van der Waals surface area contributed by atoms with Gasteiger partial charge in [-0.1, -0.05) is 6.07 Å². The number of primary amides is 1. The first-order valence-corrected chi connectivity index (χ1v) is 7.13. The summed E-state index contributed by atoms with van der Waals surface area (Å²) in [5.74, 6) is 0.390. The number of aromatic amines is 1. The number of H-pyrrole nitrogens is 1. The average Bonchev–Trinajstić information content (AvgIpc) is 2.88. The predicted molar refractivity (Wildman–Crippen MR) is 84.2 cm³/mol. The molecule has 0 unspecified atom stereocenters. The molecular formula is C15H19BN2O4. The minimum atomic E-state index is -0.845. The maximum atomic E-state index is 11.0. The van der Waals surface area contributed by atoms with E-state index < -0.39 is 24.4 Å². The summed E-state index contributed by atoms with van der Waals surface area (Å²) in [4.78, 5) is 14.0. The third-order valence-electron chi connectivity index (χ3n) is 4.40. The Morgan fingerprint density at radius 3 is 2.45 bits per heavy atom. The van der Waals surface area contributed by atoms with E-state index in [-0.39, 0.29) is 0 Å². The van der Waals surface area contributed by atoms with E-state index in [2.05, 4.69) is 4.98 Å². The van der Waals surface area contributed by atoms with Gasteiger partial charge in [0.2, 0.25) is 0 Å². The van der Waals surface area contributed by atoms with Crippen LogP contribution in [0.1, 0.15) is 27.7 Å². The smallest absolute Gasteiger partial charge is 0.408 e. The van der Waals surface area contributed by atoms with Crippen LogP contribution >= 0.6 is 0 Å². The van der Waals surface area contributed by atoms with Gasteiger partial charge >= 0.3 is 13.2 Å². The molecule has 3 rings (SSSR count). The second kappa shape index (κ2) is 4.76. The van der Waals surface area contributed by atoms with Crippen molar-refractivity contribution in [3.63, 3.8) is 0 Å². The highest BCUT2D eigenvalue weighted by Crippen LogP contribution is 2.36. The van der Waals surface area contributed by atoms with Crippen LogP contribution in [0.5, 0.6) is 5.75 Å². The Bertz CT molecular complexity index is 722. The van der Waals surface area contributed by atoms with Gasteiger partial charge in [0.25, 0.3) is 0 Å². The Balaban J connectivity index is 1.97. The van der Waals surface area contributed by atoms with Crippen molar-refractivity contribution in [3.8, 4) is 5.75 Å². The number of carbonyl (C=O) groups is 1. The van der Waals surface area contributed by atoms with E-state index in [1.54, 1.807) is 6.20 Å². The third kappa shape index (κ3) is 2.36.